The molecule has 2 aliphatic heterocycles. The molecule has 25 heavy (non-hydrogen) atoms. The number of amides is 1. The Morgan fingerprint density at radius 2 is 1.88 bits per heavy atom. The summed E-state index contributed by atoms with van der Waals surface area (Å²) in [6.45, 7) is 3.60. The molecule has 0 aromatic heterocycles. The number of piperidine rings is 1. The number of hydrogen-bond donors (Lipinski definition) is 1. The van der Waals surface area contributed by atoms with Crippen LogP contribution >= 0.6 is 12.4 Å². The van der Waals surface area contributed by atoms with Gasteiger partial charge in [0.25, 0.3) is 5.91 Å². The zero-order valence-electron chi connectivity index (χ0n) is 14.7. The van der Waals surface area contributed by atoms with Crippen LogP contribution in [0.5, 0.6) is 0 Å². The number of carbonyl (C=O) groups excluding carboxylic acids is 1. The molecular formula is C17H26ClN3O3S. The second-order valence-electron chi connectivity index (χ2n) is 7.03. The molecule has 1 spiro atoms. The predicted molar refractivity (Wildman–Crippen MR) is 99.6 cm³/mol. The number of halogens is 1. The van der Waals surface area contributed by atoms with E-state index >= 15 is 0 Å². The zero-order chi connectivity index (χ0) is 17.4. The molecule has 1 N–H and O–H groups in total. The number of nitrogens with one attached hydrogen (secondary N) is 1. The number of carbonyl (C=O) groups is 1. The SMILES string of the molecule is CN(C)S(=O)(=O)c1cccc(C(=O)N2CCC3(CCNC3)CC2)c1.Cl. The van der Waals surface area contributed by atoms with Crippen molar-refractivity contribution in [2.24, 2.45) is 5.41 Å². The fraction of sp³-hybridized carbons (Fsp3) is 0.588. The van der Waals surface area contributed by atoms with Crippen molar-refractivity contribution in [3.05, 3.63) is 29.8 Å². The van der Waals surface area contributed by atoms with Crippen molar-refractivity contribution in [3.63, 3.8) is 0 Å². The maximum atomic E-state index is 12.8. The van der Waals surface area contributed by atoms with Crippen molar-refractivity contribution in [1.82, 2.24) is 14.5 Å². The second-order valence-corrected chi connectivity index (χ2v) is 9.19. The van der Waals surface area contributed by atoms with Gasteiger partial charge in [-0.3, -0.25) is 4.79 Å². The topological polar surface area (TPSA) is 69.7 Å². The molecule has 3 rings (SSSR count). The van der Waals surface area contributed by atoms with Gasteiger partial charge in [-0.15, -0.1) is 12.4 Å². The number of hydrogen-bond acceptors (Lipinski definition) is 4. The van der Waals surface area contributed by atoms with E-state index in [-0.39, 0.29) is 23.2 Å². The minimum atomic E-state index is -3.53. The highest BCUT2D eigenvalue weighted by atomic mass is 35.5. The molecule has 0 unspecified atom stereocenters. The summed E-state index contributed by atoms with van der Waals surface area (Å²) in [5.74, 6) is -0.0772. The summed E-state index contributed by atoms with van der Waals surface area (Å²) in [5, 5.41) is 3.42. The van der Waals surface area contributed by atoms with Gasteiger partial charge in [-0.05, 0) is 49.4 Å². The van der Waals surface area contributed by atoms with Crippen LogP contribution in [0.3, 0.4) is 0 Å². The van der Waals surface area contributed by atoms with E-state index in [0.717, 1.165) is 43.3 Å². The first kappa shape index (κ1) is 20.2. The van der Waals surface area contributed by atoms with Crippen LogP contribution in [0.2, 0.25) is 0 Å². The highest BCUT2D eigenvalue weighted by Crippen LogP contribution is 2.37. The van der Waals surface area contributed by atoms with Crippen molar-refractivity contribution >= 4 is 28.3 Å². The smallest absolute Gasteiger partial charge is 0.253 e. The first-order valence-corrected chi connectivity index (χ1v) is 9.81. The highest BCUT2D eigenvalue weighted by molar-refractivity contribution is 7.89. The van der Waals surface area contributed by atoms with Crippen LogP contribution in [0.1, 0.15) is 29.6 Å². The molecule has 0 aliphatic carbocycles. The number of benzene rings is 1. The zero-order valence-corrected chi connectivity index (χ0v) is 16.3. The molecule has 0 saturated carbocycles. The van der Waals surface area contributed by atoms with Crippen LogP contribution in [0.15, 0.2) is 29.2 Å². The number of sulfonamides is 1. The van der Waals surface area contributed by atoms with Crippen molar-refractivity contribution in [2.45, 2.75) is 24.2 Å². The molecule has 1 amide bonds. The molecule has 2 saturated heterocycles. The van der Waals surface area contributed by atoms with Crippen LogP contribution < -0.4 is 5.32 Å². The normalized spacial score (nSPS) is 19.9. The minimum Gasteiger partial charge on any atom is -0.339 e. The van der Waals surface area contributed by atoms with E-state index in [1.165, 1.54) is 32.6 Å². The number of likely N-dealkylation sites (tertiary alicyclic amines) is 1. The van der Waals surface area contributed by atoms with Gasteiger partial charge in [-0.2, -0.15) is 0 Å². The highest BCUT2D eigenvalue weighted by Gasteiger charge is 2.38. The van der Waals surface area contributed by atoms with E-state index in [0.29, 0.717) is 11.0 Å². The van der Waals surface area contributed by atoms with Crippen LogP contribution in [0.25, 0.3) is 0 Å². The second kappa shape index (κ2) is 7.61. The van der Waals surface area contributed by atoms with Gasteiger partial charge >= 0.3 is 0 Å². The molecule has 0 bridgehead atoms. The molecule has 2 fully saturated rings. The molecule has 8 heteroatoms. The van der Waals surface area contributed by atoms with Crippen LogP contribution in [0.4, 0.5) is 0 Å². The monoisotopic (exact) mass is 387 g/mol. The molecular weight excluding hydrogens is 362 g/mol. The summed E-state index contributed by atoms with van der Waals surface area (Å²) in [4.78, 5) is 14.8. The third-order valence-corrected chi connectivity index (χ3v) is 7.11. The third-order valence-electron chi connectivity index (χ3n) is 5.30. The van der Waals surface area contributed by atoms with Gasteiger partial charge < -0.3 is 10.2 Å². The van der Waals surface area contributed by atoms with E-state index in [9.17, 15) is 13.2 Å². The van der Waals surface area contributed by atoms with Gasteiger partial charge in [0.2, 0.25) is 10.0 Å². The van der Waals surface area contributed by atoms with E-state index in [1.807, 2.05) is 4.90 Å². The fourth-order valence-corrected chi connectivity index (χ4v) is 4.54. The van der Waals surface area contributed by atoms with Gasteiger partial charge in [0.05, 0.1) is 4.90 Å². The minimum absolute atomic E-state index is 0. The van der Waals surface area contributed by atoms with E-state index < -0.39 is 10.0 Å². The Morgan fingerprint density at radius 1 is 1.20 bits per heavy atom. The lowest BCUT2D eigenvalue weighted by Crippen LogP contribution is -2.44. The van der Waals surface area contributed by atoms with E-state index in [1.54, 1.807) is 12.1 Å². The maximum Gasteiger partial charge on any atom is 0.253 e. The average Bonchev–Trinajstić information content (AvgIpc) is 3.03. The molecule has 1 aromatic rings. The fourth-order valence-electron chi connectivity index (χ4n) is 3.59. The Bertz CT molecular complexity index is 720. The molecule has 2 heterocycles. The Labute approximate surface area is 156 Å². The lowest BCUT2D eigenvalue weighted by atomic mass is 9.78. The van der Waals surface area contributed by atoms with Gasteiger partial charge in [-0.1, -0.05) is 6.07 Å². The van der Waals surface area contributed by atoms with E-state index in [4.69, 9.17) is 0 Å². The standard InChI is InChI=1S/C17H25N3O3S.ClH/c1-19(2)24(22,23)15-5-3-4-14(12-15)16(21)20-10-7-17(8-11-20)6-9-18-13-17;/h3-5,12,18H,6-11,13H2,1-2H3;1H. The Balaban J connectivity index is 0.00000225. The van der Waals surface area contributed by atoms with Crippen molar-refractivity contribution in [1.29, 1.82) is 0 Å². The van der Waals surface area contributed by atoms with E-state index in [2.05, 4.69) is 5.32 Å². The summed E-state index contributed by atoms with van der Waals surface area (Å²) in [5.41, 5.74) is 0.797. The van der Waals surface area contributed by atoms with Crippen LogP contribution in [0, 0.1) is 5.41 Å². The van der Waals surface area contributed by atoms with Crippen molar-refractivity contribution in [2.75, 3.05) is 40.3 Å². The molecule has 6 nitrogen and oxygen atoms in total. The van der Waals surface area contributed by atoms with Crippen molar-refractivity contribution in [3.8, 4) is 0 Å². The summed E-state index contributed by atoms with van der Waals surface area (Å²) in [7, 11) is -0.548. The molecule has 2 aliphatic rings. The summed E-state index contributed by atoms with van der Waals surface area (Å²) in [6.07, 6.45) is 3.22. The quantitative estimate of drug-likeness (QED) is 0.854. The largest absolute Gasteiger partial charge is 0.339 e. The third kappa shape index (κ3) is 4.00. The first-order chi connectivity index (χ1) is 11.3. The lowest BCUT2D eigenvalue weighted by Gasteiger charge is -2.39. The summed E-state index contributed by atoms with van der Waals surface area (Å²) < 4.78 is 25.7. The maximum absolute atomic E-state index is 12.8. The van der Waals surface area contributed by atoms with Gasteiger partial charge in [0.1, 0.15) is 0 Å². The Morgan fingerprint density at radius 3 is 2.44 bits per heavy atom. The van der Waals surface area contributed by atoms with Crippen LogP contribution in [-0.4, -0.2) is 63.8 Å². The first-order valence-electron chi connectivity index (χ1n) is 8.37. The predicted octanol–water partition coefficient (Wildman–Crippen LogP) is 1.57. The van der Waals surface area contributed by atoms with Crippen LogP contribution in [-0.2, 0) is 10.0 Å². The summed E-state index contributed by atoms with van der Waals surface area (Å²) >= 11 is 0. The molecule has 140 valence electrons. The van der Waals surface area contributed by atoms with Gasteiger partial charge in [0, 0.05) is 39.3 Å². The average molecular weight is 388 g/mol. The molecule has 1 aromatic carbocycles. The summed E-state index contributed by atoms with van der Waals surface area (Å²) in [6, 6.07) is 6.34. The van der Waals surface area contributed by atoms with Crippen molar-refractivity contribution < 1.29 is 13.2 Å². The Hall–Kier alpha value is -1.15. The van der Waals surface area contributed by atoms with Gasteiger partial charge in [-0.25, -0.2) is 12.7 Å². The Kier molecular flexibility index (Phi) is 6.14. The lowest BCUT2D eigenvalue weighted by molar-refractivity contribution is 0.0607. The molecule has 0 atom stereocenters. The van der Waals surface area contributed by atoms with Gasteiger partial charge in [0.15, 0.2) is 0 Å². The number of nitrogens with zero attached hydrogens (tertiary/aromatic N) is 2. The number of rotatable bonds is 3. The molecule has 0 radical (unpaired) electrons.